The third kappa shape index (κ3) is 15.1. The fourth-order valence-electron chi connectivity index (χ4n) is 3.14. The van der Waals surface area contributed by atoms with Crippen LogP contribution in [0.3, 0.4) is 0 Å². The van der Waals surface area contributed by atoms with E-state index in [0.29, 0.717) is 44.5 Å². The van der Waals surface area contributed by atoms with Gasteiger partial charge >= 0.3 is 6.09 Å². The lowest BCUT2D eigenvalue weighted by Gasteiger charge is -2.24. The Morgan fingerprint density at radius 1 is 0.846 bits per heavy atom. The van der Waals surface area contributed by atoms with Crippen LogP contribution < -0.4 is 27.0 Å². The average Bonchev–Trinajstić information content (AvgIpc) is 2.89. The van der Waals surface area contributed by atoms with Crippen molar-refractivity contribution >= 4 is 29.5 Å². The fraction of sp³-hybridized carbons (Fsp3) is 0.630. The third-order valence-corrected chi connectivity index (χ3v) is 5.37. The molecule has 0 fully saturated rings. The van der Waals surface area contributed by atoms with Gasteiger partial charge in [-0.2, -0.15) is 0 Å². The quantitative estimate of drug-likeness (QED) is 0.171. The Morgan fingerprint density at radius 2 is 1.49 bits per heavy atom. The van der Waals surface area contributed by atoms with Gasteiger partial charge in [-0.15, -0.1) is 0 Å². The van der Waals surface area contributed by atoms with E-state index in [0.717, 1.165) is 5.56 Å². The molecule has 0 aliphatic rings. The van der Waals surface area contributed by atoms with E-state index in [9.17, 15) is 19.2 Å². The summed E-state index contributed by atoms with van der Waals surface area (Å²) in [5.74, 6) is -1.08. The minimum Gasteiger partial charge on any atom is -0.445 e. The molecule has 1 rings (SSSR count). The zero-order chi connectivity index (χ0) is 29.2. The van der Waals surface area contributed by atoms with E-state index in [-0.39, 0.29) is 31.5 Å². The molecule has 0 radical (unpaired) electrons. The van der Waals surface area contributed by atoms with E-state index in [4.69, 9.17) is 19.9 Å². The molecule has 12 nitrogen and oxygen atoms in total. The molecule has 0 aliphatic carbocycles. The molecular weight excluding hydrogens is 506 g/mol. The molecule has 0 spiro atoms. The highest BCUT2D eigenvalue weighted by Crippen LogP contribution is 2.11. The van der Waals surface area contributed by atoms with Crippen molar-refractivity contribution in [3.05, 3.63) is 29.8 Å². The number of nitrogens with one attached hydrogen (secondary N) is 4. The van der Waals surface area contributed by atoms with Crippen molar-refractivity contribution < 1.29 is 33.4 Å². The van der Waals surface area contributed by atoms with Gasteiger partial charge in [0.05, 0.1) is 26.4 Å². The van der Waals surface area contributed by atoms with Gasteiger partial charge in [-0.05, 0) is 36.5 Å². The van der Waals surface area contributed by atoms with Crippen molar-refractivity contribution in [2.24, 2.45) is 17.6 Å². The maximum Gasteiger partial charge on any atom is 0.407 e. The molecule has 39 heavy (non-hydrogen) atoms. The Labute approximate surface area is 231 Å². The second-order valence-corrected chi connectivity index (χ2v) is 9.82. The maximum atomic E-state index is 12.8. The molecule has 1 aromatic rings. The summed E-state index contributed by atoms with van der Waals surface area (Å²) in [5, 5.41) is 10.8. The minimum atomic E-state index is -0.847. The fourth-order valence-corrected chi connectivity index (χ4v) is 3.14. The van der Waals surface area contributed by atoms with Crippen LogP contribution in [0.1, 0.15) is 46.6 Å². The summed E-state index contributed by atoms with van der Waals surface area (Å²) < 4.78 is 15.7. The van der Waals surface area contributed by atoms with Crippen LogP contribution in [0.25, 0.3) is 0 Å². The van der Waals surface area contributed by atoms with Gasteiger partial charge in [-0.1, -0.05) is 39.8 Å². The van der Waals surface area contributed by atoms with Crippen LogP contribution in [-0.2, 0) is 35.2 Å². The van der Waals surface area contributed by atoms with E-state index >= 15 is 0 Å². The Balaban J connectivity index is 2.47. The van der Waals surface area contributed by atoms with Crippen LogP contribution in [-0.4, -0.2) is 75.4 Å². The van der Waals surface area contributed by atoms with Gasteiger partial charge in [0.15, 0.2) is 0 Å². The number of rotatable bonds is 18. The summed E-state index contributed by atoms with van der Waals surface area (Å²) in [6.45, 7) is 11.6. The van der Waals surface area contributed by atoms with Gasteiger partial charge < -0.3 is 41.2 Å². The average molecular weight is 552 g/mol. The Bertz CT molecular complexity index is 893. The number of ether oxygens (including phenoxy) is 3. The van der Waals surface area contributed by atoms with Crippen molar-refractivity contribution in [1.29, 1.82) is 0 Å². The monoisotopic (exact) mass is 551 g/mol. The first-order chi connectivity index (χ1) is 18.5. The first kappa shape index (κ1) is 33.8. The van der Waals surface area contributed by atoms with Gasteiger partial charge in [-0.3, -0.25) is 14.4 Å². The molecule has 2 atom stereocenters. The first-order valence-electron chi connectivity index (χ1n) is 13.3. The number of hydrogen-bond donors (Lipinski definition) is 5. The Kier molecular flexibility index (Phi) is 16.4. The molecule has 220 valence electrons. The van der Waals surface area contributed by atoms with Gasteiger partial charge in [0.1, 0.15) is 18.7 Å². The van der Waals surface area contributed by atoms with Crippen molar-refractivity contribution in [3.8, 4) is 0 Å². The van der Waals surface area contributed by atoms with E-state index in [1.54, 1.807) is 45.0 Å². The lowest BCUT2D eigenvalue weighted by atomic mass is 10.0. The Hall–Kier alpha value is -3.22. The normalized spacial score (nSPS) is 12.5. The maximum absolute atomic E-state index is 12.8. The lowest BCUT2D eigenvalue weighted by Crippen LogP contribution is -2.53. The summed E-state index contributed by atoms with van der Waals surface area (Å²) in [5.41, 5.74) is 6.62. The molecule has 0 aromatic heterocycles. The zero-order valence-electron chi connectivity index (χ0n) is 23.7. The second-order valence-electron chi connectivity index (χ2n) is 9.82. The number of amides is 4. The zero-order valence-corrected chi connectivity index (χ0v) is 23.7. The number of carbonyl (C=O) groups is 4. The summed E-state index contributed by atoms with van der Waals surface area (Å²) in [6.07, 6.45) is -0.397. The van der Waals surface area contributed by atoms with Crippen LogP contribution in [0.4, 0.5) is 10.5 Å². The molecule has 0 heterocycles. The van der Waals surface area contributed by atoms with Crippen LogP contribution in [0.5, 0.6) is 0 Å². The second kappa shape index (κ2) is 18.9. The predicted octanol–water partition coefficient (Wildman–Crippen LogP) is 1.53. The molecule has 12 heteroatoms. The van der Waals surface area contributed by atoms with Gasteiger partial charge in [0.25, 0.3) is 0 Å². The summed E-state index contributed by atoms with van der Waals surface area (Å²) in [4.78, 5) is 49.4. The highest BCUT2D eigenvalue weighted by Gasteiger charge is 2.27. The summed E-state index contributed by atoms with van der Waals surface area (Å²) >= 11 is 0. The summed E-state index contributed by atoms with van der Waals surface area (Å²) in [7, 11) is 0. The van der Waals surface area contributed by atoms with Gasteiger partial charge in [0, 0.05) is 25.2 Å². The van der Waals surface area contributed by atoms with Crippen molar-refractivity contribution in [2.75, 3.05) is 44.8 Å². The first-order valence-corrected chi connectivity index (χ1v) is 13.3. The van der Waals surface area contributed by atoms with E-state index in [2.05, 4.69) is 21.3 Å². The predicted molar refractivity (Wildman–Crippen MR) is 148 cm³/mol. The largest absolute Gasteiger partial charge is 0.445 e. The molecule has 0 unspecified atom stereocenters. The van der Waals surface area contributed by atoms with Crippen LogP contribution in [0, 0.1) is 11.8 Å². The molecule has 0 aliphatic heterocycles. The molecule has 4 amide bonds. The van der Waals surface area contributed by atoms with Crippen molar-refractivity contribution in [3.63, 3.8) is 0 Å². The van der Waals surface area contributed by atoms with Crippen molar-refractivity contribution in [1.82, 2.24) is 16.0 Å². The molecule has 1 aromatic carbocycles. The molecular formula is C27H45N5O7. The van der Waals surface area contributed by atoms with Gasteiger partial charge in [0.2, 0.25) is 17.7 Å². The number of hydrogen-bond acceptors (Lipinski definition) is 8. The SMILES string of the molecule is CC(C)CNC(=O)OCc1ccc(NC(=O)[C@H](C)NC(=O)[C@@H](NC(=O)CCOCCOCCN)C(C)C)cc1. The van der Waals surface area contributed by atoms with E-state index in [1.165, 1.54) is 0 Å². The highest BCUT2D eigenvalue weighted by molar-refractivity contribution is 5.98. The number of alkyl carbamates (subject to hydrolysis) is 1. The Morgan fingerprint density at radius 3 is 2.08 bits per heavy atom. The molecule has 0 saturated heterocycles. The lowest BCUT2D eigenvalue weighted by molar-refractivity contribution is -0.132. The number of anilines is 1. The number of nitrogens with two attached hydrogens (primary N) is 1. The molecule has 6 N–H and O–H groups in total. The van der Waals surface area contributed by atoms with Crippen LogP contribution in [0.2, 0.25) is 0 Å². The standard InChI is InChI=1S/C27H45N5O7/c1-18(2)16-29-27(36)39-17-21-6-8-22(9-7-21)31-25(34)20(5)30-26(35)24(19(3)4)32-23(33)10-12-37-14-15-38-13-11-28/h6-9,18-20,24H,10-17,28H2,1-5H3,(H,29,36)(H,30,35)(H,31,34)(H,32,33)/t20-,24-/m0/s1. The highest BCUT2D eigenvalue weighted by atomic mass is 16.5. The van der Waals surface area contributed by atoms with Crippen molar-refractivity contribution in [2.45, 2.75) is 59.7 Å². The number of carbonyl (C=O) groups excluding carboxylic acids is 4. The smallest absolute Gasteiger partial charge is 0.407 e. The van der Waals surface area contributed by atoms with Crippen LogP contribution in [0.15, 0.2) is 24.3 Å². The number of benzene rings is 1. The van der Waals surface area contributed by atoms with Crippen LogP contribution >= 0.6 is 0 Å². The minimum absolute atomic E-state index is 0.0904. The van der Waals surface area contributed by atoms with E-state index < -0.39 is 30.0 Å². The van der Waals surface area contributed by atoms with E-state index in [1.807, 2.05) is 13.8 Å². The summed E-state index contributed by atoms with van der Waals surface area (Å²) in [6, 6.07) is 5.17. The molecule has 0 bridgehead atoms. The topological polar surface area (TPSA) is 170 Å². The molecule has 0 saturated carbocycles. The van der Waals surface area contributed by atoms with Gasteiger partial charge in [-0.25, -0.2) is 4.79 Å². The third-order valence-electron chi connectivity index (χ3n) is 5.37.